The van der Waals surface area contributed by atoms with Gasteiger partial charge in [0.05, 0.1) is 3.79 Å². The first kappa shape index (κ1) is 12.1. The standard InChI is InChI=1S/C12H11BrClNS/c13-12-6-5-11(16-12)10(15)7-8-3-1-2-4-9(8)14/h1-6,10H,7,15H2. The molecule has 0 aliphatic heterocycles. The third-order valence-corrected chi connectivity index (χ3v) is 4.48. The van der Waals surface area contributed by atoms with Gasteiger partial charge in [0.2, 0.25) is 0 Å². The Morgan fingerprint density at radius 1 is 1.25 bits per heavy atom. The first-order chi connectivity index (χ1) is 7.66. The van der Waals surface area contributed by atoms with E-state index in [0.29, 0.717) is 0 Å². The molecule has 2 aromatic rings. The molecule has 1 unspecified atom stereocenters. The van der Waals surface area contributed by atoms with Gasteiger partial charge in [-0.05, 0) is 46.1 Å². The van der Waals surface area contributed by atoms with Crippen LogP contribution in [-0.2, 0) is 6.42 Å². The predicted octanol–water partition coefficient (Wildman–Crippen LogP) is 4.41. The van der Waals surface area contributed by atoms with Gasteiger partial charge in [0, 0.05) is 15.9 Å². The van der Waals surface area contributed by atoms with Crippen molar-refractivity contribution in [3.8, 4) is 0 Å². The minimum Gasteiger partial charge on any atom is -0.323 e. The lowest BCUT2D eigenvalue weighted by Gasteiger charge is -2.10. The van der Waals surface area contributed by atoms with Gasteiger partial charge in [0.1, 0.15) is 0 Å². The molecule has 2 N–H and O–H groups in total. The molecule has 0 radical (unpaired) electrons. The van der Waals surface area contributed by atoms with Gasteiger partial charge >= 0.3 is 0 Å². The molecule has 84 valence electrons. The third-order valence-electron chi connectivity index (χ3n) is 2.36. The van der Waals surface area contributed by atoms with E-state index in [-0.39, 0.29) is 6.04 Å². The summed E-state index contributed by atoms with van der Waals surface area (Å²) in [4.78, 5) is 1.17. The van der Waals surface area contributed by atoms with Gasteiger partial charge in [-0.15, -0.1) is 11.3 Å². The van der Waals surface area contributed by atoms with Gasteiger partial charge in [0.25, 0.3) is 0 Å². The van der Waals surface area contributed by atoms with E-state index in [1.54, 1.807) is 11.3 Å². The second kappa shape index (κ2) is 5.32. The number of rotatable bonds is 3. The fraction of sp³-hybridized carbons (Fsp3) is 0.167. The van der Waals surface area contributed by atoms with Crippen LogP contribution in [0.25, 0.3) is 0 Å². The highest BCUT2D eigenvalue weighted by molar-refractivity contribution is 9.11. The van der Waals surface area contributed by atoms with Gasteiger partial charge in [-0.1, -0.05) is 29.8 Å². The Balaban J connectivity index is 2.13. The maximum absolute atomic E-state index is 6.14. The number of halogens is 2. The van der Waals surface area contributed by atoms with Crippen molar-refractivity contribution < 1.29 is 0 Å². The zero-order valence-electron chi connectivity index (χ0n) is 8.49. The van der Waals surface area contributed by atoms with Gasteiger partial charge in [-0.25, -0.2) is 0 Å². The van der Waals surface area contributed by atoms with Crippen molar-refractivity contribution in [3.63, 3.8) is 0 Å². The second-order valence-electron chi connectivity index (χ2n) is 3.54. The lowest BCUT2D eigenvalue weighted by molar-refractivity contribution is 0.737. The molecule has 0 aliphatic rings. The number of nitrogens with two attached hydrogens (primary N) is 1. The Morgan fingerprint density at radius 3 is 2.62 bits per heavy atom. The Morgan fingerprint density at radius 2 is 2.00 bits per heavy atom. The summed E-state index contributed by atoms with van der Waals surface area (Å²) < 4.78 is 1.11. The molecule has 0 fully saturated rings. The van der Waals surface area contributed by atoms with Crippen molar-refractivity contribution in [3.05, 3.63) is 55.6 Å². The average Bonchev–Trinajstić information content (AvgIpc) is 2.68. The molecule has 4 heteroatoms. The molecule has 0 spiro atoms. The van der Waals surface area contributed by atoms with Crippen LogP contribution in [0.15, 0.2) is 40.2 Å². The molecule has 0 saturated carbocycles. The van der Waals surface area contributed by atoms with E-state index in [4.69, 9.17) is 17.3 Å². The highest BCUT2D eigenvalue weighted by Gasteiger charge is 2.11. The van der Waals surface area contributed by atoms with E-state index in [9.17, 15) is 0 Å². The molecule has 0 saturated heterocycles. The molecular weight excluding hydrogens is 306 g/mol. The van der Waals surface area contributed by atoms with Crippen LogP contribution in [0.2, 0.25) is 5.02 Å². The van der Waals surface area contributed by atoms with Crippen molar-refractivity contribution in [1.29, 1.82) is 0 Å². The van der Waals surface area contributed by atoms with Crippen LogP contribution in [0.5, 0.6) is 0 Å². The molecule has 1 nitrogen and oxygen atoms in total. The summed E-state index contributed by atoms with van der Waals surface area (Å²) in [6.07, 6.45) is 0.770. The van der Waals surface area contributed by atoms with Crippen LogP contribution in [0.3, 0.4) is 0 Å². The van der Waals surface area contributed by atoms with Crippen LogP contribution in [0.4, 0.5) is 0 Å². The minimum atomic E-state index is 0.0104. The smallest absolute Gasteiger partial charge is 0.0701 e. The molecule has 0 amide bonds. The zero-order valence-corrected chi connectivity index (χ0v) is 11.6. The normalized spacial score (nSPS) is 12.7. The van der Waals surface area contributed by atoms with E-state index >= 15 is 0 Å². The molecule has 0 bridgehead atoms. The van der Waals surface area contributed by atoms with Crippen LogP contribution >= 0.6 is 38.9 Å². The lowest BCUT2D eigenvalue weighted by atomic mass is 10.1. The summed E-state index contributed by atoms with van der Waals surface area (Å²) in [6.45, 7) is 0. The Labute approximate surface area is 112 Å². The average molecular weight is 317 g/mol. The number of hydrogen-bond donors (Lipinski definition) is 1. The van der Waals surface area contributed by atoms with E-state index < -0.39 is 0 Å². The highest BCUT2D eigenvalue weighted by atomic mass is 79.9. The van der Waals surface area contributed by atoms with Crippen LogP contribution in [0, 0.1) is 0 Å². The Hall–Kier alpha value is -0.350. The van der Waals surface area contributed by atoms with Crippen molar-refractivity contribution in [1.82, 2.24) is 0 Å². The monoisotopic (exact) mass is 315 g/mol. The lowest BCUT2D eigenvalue weighted by Crippen LogP contribution is -2.11. The van der Waals surface area contributed by atoms with E-state index in [1.165, 1.54) is 4.88 Å². The topological polar surface area (TPSA) is 26.0 Å². The van der Waals surface area contributed by atoms with Crippen molar-refractivity contribution >= 4 is 38.9 Å². The second-order valence-corrected chi connectivity index (χ2v) is 6.45. The van der Waals surface area contributed by atoms with Gasteiger partial charge in [-0.3, -0.25) is 0 Å². The largest absolute Gasteiger partial charge is 0.323 e. The Kier molecular flexibility index (Phi) is 4.03. The third kappa shape index (κ3) is 2.86. The molecule has 1 heterocycles. The number of thiophene rings is 1. The molecule has 1 aromatic carbocycles. The summed E-state index contributed by atoms with van der Waals surface area (Å²) >= 11 is 11.2. The number of hydrogen-bond acceptors (Lipinski definition) is 2. The van der Waals surface area contributed by atoms with Crippen LogP contribution in [0.1, 0.15) is 16.5 Å². The summed E-state index contributed by atoms with van der Waals surface area (Å²) in [5.41, 5.74) is 7.24. The quantitative estimate of drug-likeness (QED) is 0.892. The molecule has 0 aliphatic carbocycles. The van der Waals surface area contributed by atoms with E-state index in [0.717, 1.165) is 20.8 Å². The maximum atomic E-state index is 6.14. The minimum absolute atomic E-state index is 0.0104. The first-order valence-electron chi connectivity index (χ1n) is 4.91. The predicted molar refractivity (Wildman–Crippen MR) is 74.1 cm³/mol. The summed E-state index contributed by atoms with van der Waals surface area (Å²) in [6, 6.07) is 11.9. The summed E-state index contributed by atoms with van der Waals surface area (Å²) in [7, 11) is 0. The van der Waals surface area contributed by atoms with Gasteiger partial charge in [0.15, 0.2) is 0 Å². The van der Waals surface area contributed by atoms with Crippen molar-refractivity contribution in [2.24, 2.45) is 5.73 Å². The summed E-state index contributed by atoms with van der Waals surface area (Å²) in [5.74, 6) is 0. The van der Waals surface area contributed by atoms with Crippen LogP contribution < -0.4 is 5.73 Å². The first-order valence-corrected chi connectivity index (χ1v) is 6.90. The fourth-order valence-corrected chi connectivity index (χ4v) is 3.17. The van der Waals surface area contributed by atoms with Crippen molar-refractivity contribution in [2.45, 2.75) is 12.5 Å². The fourth-order valence-electron chi connectivity index (χ4n) is 1.53. The van der Waals surface area contributed by atoms with Crippen LogP contribution in [-0.4, -0.2) is 0 Å². The molecule has 16 heavy (non-hydrogen) atoms. The van der Waals surface area contributed by atoms with E-state index in [1.807, 2.05) is 30.3 Å². The SMILES string of the molecule is NC(Cc1ccccc1Cl)c1ccc(Br)s1. The molecule has 1 aromatic heterocycles. The van der Waals surface area contributed by atoms with Gasteiger partial charge in [-0.2, -0.15) is 0 Å². The maximum Gasteiger partial charge on any atom is 0.0701 e. The van der Waals surface area contributed by atoms with Crippen molar-refractivity contribution in [2.75, 3.05) is 0 Å². The molecular formula is C12H11BrClNS. The molecule has 2 rings (SSSR count). The zero-order chi connectivity index (χ0) is 11.5. The molecule has 1 atom stereocenters. The summed E-state index contributed by atoms with van der Waals surface area (Å²) in [5, 5.41) is 0.786. The Bertz CT molecular complexity index is 483. The highest BCUT2D eigenvalue weighted by Crippen LogP contribution is 2.29. The van der Waals surface area contributed by atoms with Gasteiger partial charge < -0.3 is 5.73 Å². The number of benzene rings is 1. The van der Waals surface area contributed by atoms with E-state index in [2.05, 4.69) is 22.0 Å².